The molecular formula is C14H17NO3. The minimum Gasteiger partial charge on any atom is -0.450 e. The molecule has 4 heteroatoms. The van der Waals surface area contributed by atoms with E-state index >= 15 is 0 Å². The van der Waals surface area contributed by atoms with Crippen molar-refractivity contribution in [3.05, 3.63) is 35.9 Å². The molecule has 0 N–H and O–H groups in total. The first kappa shape index (κ1) is 12.6. The van der Waals surface area contributed by atoms with Gasteiger partial charge in [0.15, 0.2) is 5.78 Å². The molecule has 0 aromatic heterocycles. The van der Waals surface area contributed by atoms with Crippen molar-refractivity contribution in [2.45, 2.75) is 13.3 Å². The second kappa shape index (κ2) is 5.67. The molecule has 4 nitrogen and oxygen atoms in total. The van der Waals surface area contributed by atoms with E-state index in [0.717, 1.165) is 0 Å². The van der Waals surface area contributed by atoms with Crippen molar-refractivity contribution in [3.8, 4) is 0 Å². The maximum absolute atomic E-state index is 12.2. The lowest BCUT2D eigenvalue weighted by Gasteiger charge is -2.15. The Balaban J connectivity index is 1.97. The van der Waals surface area contributed by atoms with Gasteiger partial charge in [-0.15, -0.1) is 0 Å². The molecule has 1 atom stereocenters. The van der Waals surface area contributed by atoms with E-state index in [2.05, 4.69) is 0 Å². The highest BCUT2D eigenvalue weighted by atomic mass is 16.6. The second-order valence-corrected chi connectivity index (χ2v) is 4.36. The van der Waals surface area contributed by atoms with Crippen LogP contribution in [0.4, 0.5) is 4.79 Å². The van der Waals surface area contributed by atoms with Crippen LogP contribution in [0.1, 0.15) is 23.7 Å². The van der Waals surface area contributed by atoms with Gasteiger partial charge >= 0.3 is 6.09 Å². The molecule has 96 valence electrons. The summed E-state index contributed by atoms with van der Waals surface area (Å²) in [4.78, 5) is 25.3. The lowest BCUT2D eigenvalue weighted by molar-refractivity contribution is 0.0912. The van der Waals surface area contributed by atoms with Gasteiger partial charge in [-0.3, -0.25) is 4.79 Å². The molecule has 1 aromatic rings. The van der Waals surface area contributed by atoms with Gasteiger partial charge in [-0.05, 0) is 13.3 Å². The third-order valence-corrected chi connectivity index (χ3v) is 3.14. The van der Waals surface area contributed by atoms with E-state index in [4.69, 9.17) is 4.74 Å². The summed E-state index contributed by atoms with van der Waals surface area (Å²) < 4.78 is 4.94. The van der Waals surface area contributed by atoms with Gasteiger partial charge in [-0.25, -0.2) is 4.79 Å². The number of Topliss-reactive ketones (excluding diaryl/α,β-unsaturated/α-hetero) is 1. The highest BCUT2D eigenvalue weighted by Gasteiger charge is 2.31. The van der Waals surface area contributed by atoms with Gasteiger partial charge in [0.2, 0.25) is 0 Å². The number of hydrogen-bond acceptors (Lipinski definition) is 3. The molecule has 1 fully saturated rings. The molecule has 0 radical (unpaired) electrons. The Morgan fingerprint density at radius 1 is 1.33 bits per heavy atom. The number of likely N-dealkylation sites (tertiary alicyclic amines) is 1. The number of carbonyl (C=O) groups excluding carboxylic acids is 2. The fraction of sp³-hybridized carbons (Fsp3) is 0.429. The van der Waals surface area contributed by atoms with Gasteiger partial charge in [0.25, 0.3) is 0 Å². The molecule has 0 bridgehead atoms. The van der Waals surface area contributed by atoms with Crippen molar-refractivity contribution < 1.29 is 14.3 Å². The van der Waals surface area contributed by atoms with Gasteiger partial charge in [0.1, 0.15) is 0 Å². The molecule has 1 saturated heterocycles. The third-order valence-electron chi connectivity index (χ3n) is 3.14. The zero-order valence-electron chi connectivity index (χ0n) is 10.5. The summed E-state index contributed by atoms with van der Waals surface area (Å²) in [6.45, 7) is 3.21. The highest BCUT2D eigenvalue weighted by molar-refractivity contribution is 5.98. The Morgan fingerprint density at radius 3 is 2.72 bits per heavy atom. The zero-order chi connectivity index (χ0) is 13.0. The van der Waals surface area contributed by atoms with E-state index in [1.807, 2.05) is 30.3 Å². The number of ether oxygens (including phenoxy) is 1. The third kappa shape index (κ3) is 2.70. The molecule has 1 unspecified atom stereocenters. The Bertz CT molecular complexity index is 430. The molecule has 18 heavy (non-hydrogen) atoms. The monoisotopic (exact) mass is 247 g/mol. The first-order chi connectivity index (χ1) is 8.72. The number of rotatable bonds is 3. The summed E-state index contributed by atoms with van der Waals surface area (Å²) in [6.07, 6.45) is 0.396. The van der Waals surface area contributed by atoms with Crippen LogP contribution in [0.15, 0.2) is 30.3 Å². The summed E-state index contributed by atoms with van der Waals surface area (Å²) in [6, 6.07) is 9.22. The zero-order valence-corrected chi connectivity index (χ0v) is 10.5. The molecular weight excluding hydrogens is 230 g/mol. The molecule has 1 aromatic carbocycles. The Labute approximate surface area is 107 Å². The molecule has 0 saturated carbocycles. The largest absolute Gasteiger partial charge is 0.450 e. The molecule has 2 rings (SSSR count). The maximum atomic E-state index is 12.2. The van der Waals surface area contributed by atoms with Crippen molar-refractivity contribution in [1.29, 1.82) is 0 Å². The van der Waals surface area contributed by atoms with Crippen LogP contribution in [0.3, 0.4) is 0 Å². The quantitative estimate of drug-likeness (QED) is 0.770. The second-order valence-electron chi connectivity index (χ2n) is 4.36. The number of carbonyl (C=O) groups is 2. The van der Waals surface area contributed by atoms with Crippen LogP contribution in [0.5, 0.6) is 0 Å². The average molecular weight is 247 g/mol. The minimum absolute atomic E-state index is 0.100. The lowest BCUT2D eigenvalue weighted by Crippen LogP contribution is -2.30. The van der Waals surface area contributed by atoms with Crippen molar-refractivity contribution in [2.24, 2.45) is 5.92 Å². The smallest absolute Gasteiger partial charge is 0.409 e. The van der Waals surface area contributed by atoms with Crippen LogP contribution in [-0.4, -0.2) is 36.5 Å². The van der Waals surface area contributed by atoms with Crippen LogP contribution in [0, 0.1) is 5.92 Å². The average Bonchev–Trinajstić information content (AvgIpc) is 2.89. The fourth-order valence-electron chi connectivity index (χ4n) is 2.19. The predicted octanol–water partition coefficient (Wildman–Crippen LogP) is 2.35. The van der Waals surface area contributed by atoms with Crippen LogP contribution in [-0.2, 0) is 4.74 Å². The predicted molar refractivity (Wildman–Crippen MR) is 67.5 cm³/mol. The molecule has 1 heterocycles. The SMILES string of the molecule is CCOC(=O)N1CCC(C(=O)c2ccccc2)C1. The Kier molecular flexibility index (Phi) is 3.97. The number of nitrogens with zero attached hydrogens (tertiary/aromatic N) is 1. The van der Waals surface area contributed by atoms with Crippen molar-refractivity contribution in [2.75, 3.05) is 19.7 Å². The van der Waals surface area contributed by atoms with Crippen LogP contribution in [0.2, 0.25) is 0 Å². The normalized spacial score (nSPS) is 18.7. The van der Waals surface area contributed by atoms with Gasteiger partial charge in [0, 0.05) is 24.6 Å². The van der Waals surface area contributed by atoms with Crippen molar-refractivity contribution >= 4 is 11.9 Å². The van der Waals surface area contributed by atoms with E-state index in [0.29, 0.717) is 31.7 Å². The summed E-state index contributed by atoms with van der Waals surface area (Å²) in [5.41, 5.74) is 0.716. The van der Waals surface area contributed by atoms with Gasteiger partial charge in [-0.2, -0.15) is 0 Å². The van der Waals surface area contributed by atoms with Crippen LogP contribution in [0.25, 0.3) is 0 Å². The summed E-state index contributed by atoms with van der Waals surface area (Å²) in [5.74, 6) is 0.0132. The van der Waals surface area contributed by atoms with Gasteiger partial charge in [0.05, 0.1) is 6.61 Å². The molecule has 1 amide bonds. The van der Waals surface area contributed by atoms with Gasteiger partial charge in [-0.1, -0.05) is 30.3 Å². The molecule has 1 aliphatic heterocycles. The number of benzene rings is 1. The lowest BCUT2D eigenvalue weighted by atomic mass is 9.97. The molecule has 0 spiro atoms. The first-order valence-electron chi connectivity index (χ1n) is 6.23. The van der Waals surface area contributed by atoms with Crippen LogP contribution >= 0.6 is 0 Å². The minimum atomic E-state index is -0.319. The summed E-state index contributed by atoms with van der Waals surface area (Å²) in [5, 5.41) is 0. The van der Waals surface area contributed by atoms with Crippen LogP contribution < -0.4 is 0 Å². The number of hydrogen-bond donors (Lipinski definition) is 0. The van der Waals surface area contributed by atoms with E-state index in [-0.39, 0.29) is 17.8 Å². The van der Waals surface area contributed by atoms with E-state index in [1.165, 1.54) is 0 Å². The van der Waals surface area contributed by atoms with Crippen molar-refractivity contribution in [3.63, 3.8) is 0 Å². The van der Waals surface area contributed by atoms with E-state index < -0.39 is 0 Å². The summed E-state index contributed by atoms with van der Waals surface area (Å²) >= 11 is 0. The fourth-order valence-corrected chi connectivity index (χ4v) is 2.19. The summed E-state index contributed by atoms with van der Waals surface area (Å²) in [7, 11) is 0. The first-order valence-corrected chi connectivity index (χ1v) is 6.23. The van der Waals surface area contributed by atoms with Crippen molar-refractivity contribution in [1.82, 2.24) is 4.90 Å². The van der Waals surface area contributed by atoms with E-state index in [9.17, 15) is 9.59 Å². The molecule has 0 aliphatic carbocycles. The van der Waals surface area contributed by atoms with Gasteiger partial charge < -0.3 is 9.64 Å². The number of amides is 1. The maximum Gasteiger partial charge on any atom is 0.409 e. The topological polar surface area (TPSA) is 46.6 Å². The number of ketones is 1. The Morgan fingerprint density at radius 2 is 2.06 bits per heavy atom. The molecule has 1 aliphatic rings. The Hall–Kier alpha value is -1.84. The standard InChI is InChI=1S/C14H17NO3/c1-2-18-14(17)15-9-8-12(10-15)13(16)11-6-4-3-5-7-11/h3-7,12H,2,8-10H2,1H3. The highest BCUT2D eigenvalue weighted by Crippen LogP contribution is 2.21. The van der Waals surface area contributed by atoms with E-state index in [1.54, 1.807) is 11.8 Å².